The molecule has 1 amide bonds. The van der Waals surface area contributed by atoms with Crippen LogP contribution in [0.25, 0.3) is 16.7 Å². The number of benzene rings is 1. The molecule has 1 fully saturated rings. The predicted octanol–water partition coefficient (Wildman–Crippen LogP) is 4.49. The molecule has 5 rings (SSSR count). The second-order valence-electron chi connectivity index (χ2n) is 8.80. The number of carbonyl (C=O) groups excluding carboxylic acids is 1. The van der Waals surface area contributed by atoms with Crippen LogP contribution in [0.3, 0.4) is 0 Å². The fraction of sp³-hybridized carbons (Fsp3) is 0.360. The molecule has 8 nitrogen and oxygen atoms in total. The van der Waals surface area contributed by atoms with Crippen molar-refractivity contribution >= 4 is 22.8 Å². The Kier molecular flexibility index (Phi) is 5.58. The van der Waals surface area contributed by atoms with Crippen LogP contribution in [0.2, 0.25) is 0 Å². The molecule has 0 radical (unpaired) electrons. The lowest BCUT2D eigenvalue weighted by Gasteiger charge is -2.30. The zero-order valence-electron chi connectivity index (χ0n) is 19.1. The number of hydrogen-bond donors (Lipinski definition) is 2. The molecule has 0 spiro atoms. The van der Waals surface area contributed by atoms with Gasteiger partial charge in [0.2, 0.25) is 0 Å². The van der Waals surface area contributed by atoms with Gasteiger partial charge in [-0.15, -0.1) is 0 Å². The molecule has 1 aromatic carbocycles. The number of aromatic nitrogens is 4. The molecule has 1 saturated carbocycles. The van der Waals surface area contributed by atoms with Crippen molar-refractivity contribution in [3.05, 3.63) is 65.5 Å². The van der Waals surface area contributed by atoms with Gasteiger partial charge in [0, 0.05) is 12.1 Å². The average molecular weight is 445 g/mol. The third kappa shape index (κ3) is 4.33. The van der Waals surface area contributed by atoms with E-state index < -0.39 is 0 Å². The third-order valence-corrected chi connectivity index (χ3v) is 6.21. The summed E-state index contributed by atoms with van der Waals surface area (Å²) in [5, 5.41) is 12.5. The average Bonchev–Trinajstić information content (AvgIpc) is 3.44. The fourth-order valence-electron chi connectivity index (χ4n) is 4.58. The molecule has 4 aromatic rings. The van der Waals surface area contributed by atoms with E-state index in [0.717, 1.165) is 53.9 Å². The van der Waals surface area contributed by atoms with Crippen LogP contribution in [0.1, 0.15) is 53.3 Å². The molecule has 3 heterocycles. The van der Waals surface area contributed by atoms with Crippen LogP contribution in [0.5, 0.6) is 0 Å². The molecule has 170 valence electrons. The Labute approximate surface area is 192 Å². The van der Waals surface area contributed by atoms with E-state index in [4.69, 9.17) is 19.5 Å². The van der Waals surface area contributed by atoms with Gasteiger partial charge in [-0.05, 0) is 76.3 Å². The van der Waals surface area contributed by atoms with Crippen LogP contribution in [-0.4, -0.2) is 37.7 Å². The minimum absolute atomic E-state index is 0.149. The van der Waals surface area contributed by atoms with Crippen molar-refractivity contribution in [1.82, 2.24) is 25.1 Å². The smallest absolute Gasteiger partial charge is 0.287 e. The fourth-order valence-corrected chi connectivity index (χ4v) is 4.58. The Hall–Kier alpha value is -3.68. The number of carbonyl (C=O) groups is 1. The highest BCUT2D eigenvalue weighted by Gasteiger charge is 2.25. The largest absolute Gasteiger partial charge is 0.459 e. The van der Waals surface area contributed by atoms with E-state index in [2.05, 4.69) is 29.7 Å². The Balaban J connectivity index is 1.33. The van der Waals surface area contributed by atoms with Crippen LogP contribution in [-0.2, 0) is 0 Å². The molecular formula is C25H28N6O2. The van der Waals surface area contributed by atoms with Gasteiger partial charge in [0.15, 0.2) is 11.4 Å². The van der Waals surface area contributed by atoms with E-state index >= 15 is 0 Å². The first-order valence-electron chi connectivity index (χ1n) is 11.4. The highest BCUT2D eigenvalue weighted by atomic mass is 16.3. The van der Waals surface area contributed by atoms with Gasteiger partial charge in [-0.25, -0.2) is 14.6 Å². The van der Waals surface area contributed by atoms with Gasteiger partial charge in [-0.2, -0.15) is 5.10 Å². The summed E-state index contributed by atoms with van der Waals surface area (Å²) >= 11 is 0. The number of nitrogens with one attached hydrogen (secondary N) is 2. The highest BCUT2D eigenvalue weighted by molar-refractivity contribution is 5.91. The van der Waals surface area contributed by atoms with Gasteiger partial charge in [0.05, 0.1) is 23.0 Å². The summed E-state index contributed by atoms with van der Waals surface area (Å²) in [6.07, 6.45) is 5.21. The number of rotatable bonds is 5. The van der Waals surface area contributed by atoms with E-state index in [1.54, 1.807) is 12.1 Å². The van der Waals surface area contributed by atoms with Gasteiger partial charge in [0.25, 0.3) is 5.91 Å². The van der Waals surface area contributed by atoms with Crippen molar-refractivity contribution in [3.8, 4) is 5.69 Å². The lowest BCUT2D eigenvalue weighted by molar-refractivity contribution is 0.0898. The van der Waals surface area contributed by atoms with Gasteiger partial charge in [-0.3, -0.25) is 4.79 Å². The molecule has 33 heavy (non-hydrogen) atoms. The predicted molar refractivity (Wildman–Crippen MR) is 127 cm³/mol. The molecule has 1 aliphatic carbocycles. The lowest BCUT2D eigenvalue weighted by Crippen LogP contribution is -2.40. The number of amides is 1. The van der Waals surface area contributed by atoms with Crippen LogP contribution >= 0.6 is 0 Å². The molecule has 0 atom stereocenters. The number of fused-ring (bicyclic) bond motifs is 1. The van der Waals surface area contributed by atoms with Crippen molar-refractivity contribution in [2.75, 3.05) is 5.32 Å². The number of aryl methyl sites for hydroxylation is 3. The summed E-state index contributed by atoms with van der Waals surface area (Å²) < 4.78 is 7.10. The molecule has 0 unspecified atom stereocenters. The summed E-state index contributed by atoms with van der Waals surface area (Å²) in [5.74, 6) is 1.74. The number of furan rings is 1. The first-order chi connectivity index (χ1) is 16.0. The minimum Gasteiger partial charge on any atom is -0.459 e. The van der Waals surface area contributed by atoms with Crippen LogP contribution in [0.4, 0.5) is 5.82 Å². The molecule has 1 aliphatic rings. The maximum absolute atomic E-state index is 12.3. The van der Waals surface area contributed by atoms with Crippen LogP contribution in [0, 0.1) is 20.8 Å². The van der Waals surface area contributed by atoms with E-state index in [1.807, 2.05) is 30.7 Å². The Morgan fingerprint density at radius 1 is 1.03 bits per heavy atom. The number of nitrogens with zero attached hydrogens (tertiary/aromatic N) is 4. The number of hydrogen-bond acceptors (Lipinski definition) is 6. The molecule has 0 saturated heterocycles. The van der Waals surface area contributed by atoms with Gasteiger partial charge in [-0.1, -0.05) is 12.1 Å². The second kappa shape index (κ2) is 8.69. The SMILES string of the molecule is Cc1cccc(-n2nc(C)c3c(NC4CCC(NC(=O)c5ccco5)CC4)nc(C)nc32)c1. The van der Waals surface area contributed by atoms with Gasteiger partial charge < -0.3 is 15.1 Å². The summed E-state index contributed by atoms with van der Waals surface area (Å²) in [4.78, 5) is 21.7. The molecule has 2 N–H and O–H groups in total. The quantitative estimate of drug-likeness (QED) is 0.471. The second-order valence-corrected chi connectivity index (χ2v) is 8.80. The Morgan fingerprint density at radius 2 is 1.82 bits per heavy atom. The molecule has 8 heteroatoms. The lowest BCUT2D eigenvalue weighted by atomic mass is 9.91. The van der Waals surface area contributed by atoms with Crippen molar-refractivity contribution in [3.63, 3.8) is 0 Å². The van der Waals surface area contributed by atoms with Gasteiger partial charge >= 0.3 is 0 Å². The third-order valence-electron chi connectivity index (χ3n) is 6.21. The molecule has 0 bridgehead atoms. The Bertz CT molecular complexity index is 1290. The minimum atomic E-state index is -0.149. The van der Waals surface area contributed by atoms with E-state index in [9.17, 15) is 4.79 Å². The van der Waals surface area contributed by atoms with E-state index in [-0.39, 0.29) is 18.0 Å². The maximum atomic E-state index is 12.3. The van der Waals surface area contributed by atoms with Crippen LogP contribution in [0.15, 0.2) is 47.1 Å². The molecular weight excluding hydrogens is 416 g/mol. The topological polar surface area (TPSA) is 97.9 Å². The number of anilines is 1. The molecule has 3 aromatic heterocycles. The van der Waals surface area contributed by atoms with Gasteiger partial charge in [0.1, 0.15) is 11.6 Å². The summed E-state index contributed by atoms with van der Waals surface area (Å²) in [6.45, 7) is 5.98. The zero-order valence-corrected chi connectivity index (χ0v) is 19.1. The summed E-state index contributed by atoms with van der Waals surface area (Å²) in [5.41, 5.74) is 3.87. The monoisotopic (exact) mass is 444 g/mol. The summed E-state index contributed by atoms with van der Waals surface area (Å²) in [6, 6.07) is 12.1. The first-order valence-corrected chi connectivity index (χ1v) is 11.4. The molecule has 0 aliphatic heterocycles. The van der Waals surface area contributed by atoms with Crippen molar-refractivity contribution in [2.45, 2.75) is 58.5 Å². The zero-order chi connectivity index (χ0) is 22.9. The Morgan fingerprint density at radius 3 is 2.55 bits per heavy atom. The standard InChI is InChI=1S/C25H28N6O2/c1-15-6-4-7-20(14-15)31-24-22(16(2)30-31)23(26-17(3)27-24)28-18-9-11-19(12-10-18)29-25(32)21-8-5-13-33-21/h4-8,13-14,18-19H,9-12H2,1-3H3,(H,29,32)(H,26,27,28). The summed E-state index contributed by atoms with van der Waals surface area (Å²) in [7, 11) is 0. The maximum Gasteiger partial charge on any atom is 0.287 e. The van der Waals surface area contributed by atoms with E-state index in [0.29, 0.717) is 11.6 Å². The normalized spacial score (nSPS) is 18.4. The van der Waals surface area contributed by atoms with Crippen molar-refractivity contribution in [1.29, 1.82) is 0 Å². The van der Waals surface area contributed by atoms with Crippen molar-refractivity contribution < 1.29 is 9.21 Å². The highest BCUT2D eigenvalue weighted by Crippen LogP contribution is 2.29. The van der Waals surface area contributed by atoms with E-state index in [1.165, 1.54) is 11.8 Å². The first kappa shape index (κ1) is 21.2. The van der Waals surface area contributed by atoms with Crippen molar-refractivity contribution in [2.24, 2.45) is 0 Å². The van der Waals surface area contributed by atoms with Crippen LogP contribution < -0.4 is 10.6 Å².